The van der Waals surface area contributed by atoms with Crippen LogP contribution < -0.4 is 15.4 Å². The minimum atomic E-state index is -0.311. The van der Waals surface area contributed by atoms with E-state index in [-0.39, 0.29) is 17.8 Å². The summed E-state index contributed by atoms with van der Waals surface area (Å²) in [5, 5.41) is 6.49. The highest BCUT2D eigenvalue weighted by Crippen LogP contribution is 2.13. The van der Waals surface area contributed by atoms with Gasteiger partial charge in [0.2, 0.25) is 5.91 Å². The molecule has 1 aromatic rings. The lowest BCUT2D eigenvalue weighted by Crippen LogP contribution is -2.50. The zero-order valence-corrected chi connectivity index (χ0v) is 16.4. The Hall–Kier alpha value is -2.35. The zero-order chi connectivity index (χ0) is 19.6. The number of guanidine groups is 1. The minimum Gasteiger partial charge on any atom is -0.489 e. The molecule has 1 heterocycles. The van der Waals surface area contributed by atoms with Crippen molar-refractivity contribution in [2.45, 2.75) is 20.0 Å². The molecule has 2 rings (SSSR count). The van der Waals surface area contributed by atoms with Crippen LogP contribution in [-0.4, -0.2) is 80.6 Å². The number of halogens is 1. The number of hydrogen-bond acceptors (Lipinski definition) is 4. The Labute approximate surface area is 160 Å². The number of carbonyl (C=O) groups excluding carboxylic acids is 1. The van der Waals surface area contributed by atoms with Crippen molar-refractivity contribution in [2.24, 2.45) is 4.99 Å². The molecule has 7 nitrogen and oxygen atoms in total. The Balaban J connectivity index is 1.63. The van der Waals surface area contributed by atoms with Crippen molar-refractivity contribution in [3.63, 3.8) is 0 Å². The summed E-state index contributed by atoms with van der Waals surface area (Å²) in [5.41, 5.74) is 0. The molecule has 0 aliphatic carbocycles. The summed E-state index contributed by atoms with van der Waals surface area (Å²) in [7, 11) is 1.72. The molecule has 0 spiro atoms. The summed E-state index contributed by atoms with van der Waals surface area (Å²) in [6.07, 6.45) is -0.134. The smallest absolute Gasteiger partial charge is 0.219 e. The summed E-state index contributed by atoms with van der Waals surface area (Å²) in [5.74, 6) is 1.05. The Kier molecular flexibility index (Phi) is 8.32. The van der Waals surface area contributed by atoms with Crippen LogP contribution in [0.25, 0.3) is 0 Å². The highest BCUT2D eigenvalue weighted by Gasteiger charge is 2.18. The van der Waals surface area contributed by atoms with Gasteiger partial charge < -0.3 is 20.3 Å². The molecule has 1 amide bonds. The Morgan fingerprint density at radius 2 is 2.04 bits per heavy atom. The SMILES string of the molecule is CN=C(NCCN1CCN(C(C)=O)CC1)NCC(C)Oc1cccc(F)c1. The van der Waals surface area contributed by atoms with Crippen molar-refractivity contribution in [3.05, 3.63) is 30.1 Å². The molecule has 1 atom stereocenters. The Morgan fingerprint density at radius 3 is 2.67 bits per heavy atom. The summed E-state index contributed by atoms with van der Waals surface area (Å²) in [6, 6.07) is 6.12. The second-order valence-corrected chi connectivity index (χ2v) is 6.61. The molecule has 1 aliphatic heterocycles. The average molecular weight is 379 g/mol. The van der Waals surface area contributed by atoms with Crippen LogP contribution in [-0.2, 0) is 4.79 Å². The summed E-state index contributed by atoms with van der Waals surface area (Å²) >= 11 is 0. The van der Waals surface area contributed by atoms with Crippen LogP contribution in [0.15, 0.2) is 29.3 Å². The third kappa shape index (κ3) is 7.42. The van der Waals surface area contributed by atoms with E-state index in [0.29, 0.717) is 18.3 Å². The number of aliphatic imine (C=N–C) groups is 1. The molecule has 1 saturated heterocycles. The van der Waals surface area contributed by atoms with Gasteiger partial charge in [-0.15, -0.1) is 0 Å². The van der Waals surface area contributed by atoms with Gasteiger partial charge in [0, 0.05) is 59.3 Å². The first kappa shape index (κ1) is 21.0. The molecular weight excluding hydrogens is 349 g/mol. The van der Waals surface area contributed by atoms with E-state index in [4.69, 9.17) is 4.74 Å². The maximum Gasteiger partial charge on any atom is 0.219 e. The molecular formula is C19H30FN5O2. The lowest BCUT2D eigenvalue weighted by atomic mass is 10.3. The molecule has 0 saturated carbocycles. The van der Waals surface area contributed by atoms with Crippen LogP contribution in [0.3, 0.4) is 0 Å². The van der Waals surface area contributed by atoms with Gasteiger partial charge in [-0.05, 0) is 19.1 Å². The quantitative estimate of drug-likeness (QED) is 0.545. The van der Waals surface area contributed by atoms with Gasteiger partial charge in [0.25, 0.3) is 0 Å². The predicted octanol–water partition coefficient (Wildman–Crippen LogP) is 0.922. The standard InChI is InChI=1S/C19H30FN5O2/c1-15(27-18-6-4-5-17(20)13-18)14-23-19(21-3)22-7-8-24-9-11-25(12-10-24)16(2)26/h4-6,13,15H,7-12,14H2,1-3H3,(H2,21,22,23). The molecule has 1 unspecified atom stereocenters. The molecule has 1 aliphatic rings. The maximum atomic E-state index is 13.2. The first-order valence-electron chi connectivity index (χ1n) is 9.32. The van der Waals surface area contributed by atoms with Gasteiger partial charge in [0.1, 0.15) is 17.7 Å². The van der Waals surface area contributed by atoms with Crippen molar-refractivity contribution >= 4 is 11.9 Å². The Morgan fingerprint density at radius 1 is 1.30 bits per heavy atom. The molecule has 27 heavy (non-hydrogen) atoms. The molecule has 1 aromatic carbocycles. The van der Waals surface area contributed by atoms with Gasteiger partial charge in [-0.25, -0.2) is 4.39 Å². The Bertz CT molecular complexity index is 632. The molecule has 1 fully saturated rings. The minimum absolute atomic E-state index is 0.134. The van der Waals surface area contributed by atoms with Crippen molar-refractivity contribution < 1.29 is 13.9 Å². The zero-order valence-electron chi connectivity index (χ0n) is 16.4. The van der Waals surface area contributed by atoms with Crippen molar-refractivity contribution in [3.8, 4) is 5.75 Å². The molecule has 150 valence electrons. The van der Waals surface area contributed by atoms with Gasteiger partial charge in [0.15, 0.2) is 5.96 Å². The van der Waals surface area contributed by atoms with Gasteiger partial charge in [-0.3, -0.25) is 14.7 Å². The van der Waals surface area contributed by atoms with E-state index in [1.54, 1.807) is 26.1 Å². The fraction of sp³-hybridized carbons (Fsp3) is 0.579. The first-order chi connectivity index (χ1) is 13.0. The highest BCUT2D eigenvalue weighted by molar-refractivity contribution is 5.79. The fourth-order valence-corrected chi connectivity index (χ4v) is 2.89. The van der Waals surface area contributed by atoms with Crippen LogP contribution in [0.5, 0.6) is 5.75 Å². The normalized spacial score (nSPS) is 16.7. The van der Waals surface area contributed by atoms with E-state index < -0.39 is 0 Å². The van der Waals surface area contributed by atoms with E-state index in [1.807, 2.05) is 11.8 Å². The van der Waals surface area contributed by atoms with Crippen LogP contribution in [0.1, 0.15) is 13.8 Å². The van der Waals surface area contributed by atoms with Crippen molar-refractivity contribution in [1.29, 1.82) is 0 Å². The largest absolute Gasteiger partial charge is 0.489 e. The van der Waals surface area contributed by atoms with Crippen LogP contribution >= 0.6 is 0 Å². The van der Waals surface area contributed by atoms with Gasteiger partial charge >= 0.3 is 0 Å². The fourth-order valence-electron chi connectivity index (χ4n) is 2.89. The first-order valence-corrected chi connectivity index (χ1v) is 9.32. The predicted molar refractivity (Wildman–Crippen MR) is 105 cm³/mol. The van der Waals surface area contributed by atoms with E-state index >= 15 is 0 Å². The number of nitrogens with one attached hydrogen (secondary N) is 2. The molecule has 0 bridgehead atoms. The van der Waals surface area contributed by atoms with Gasteiger partial charge in [-0.1, -0.05) is 6.07 Å². The van der Waals surface area contributed by atoms with E-state index in [2.05, 4.69) is 20.5 Å². The van der Waals surface area contributed by atoms with E-state index in [0.717, 1.165) is 39.3 Å². The molecule has 2 N–H and O–H groups in total. The van der Waals surface area contributed by atoms with Crippen LogP contribution in [0.4, 0.5) is 4.39 Å². The van der Waals surface area contributed by atoms with Gasteiger partial charge in [0.05, 0.1) is 6.54 Å². The lowest BCUT2D eigenvalue weighted by Gasteiger charge is -2.34. The third-order valence-corrected chi connectivity index (χ3v) is 4.45. The summed E-state index contributed by atoms with van der Waals surface area (Å²) < 4.78 is 18.9. The third-order valence-electron chi connectivity index (χ3n) is 4.45. The number of rotatable bonds is 7. The number of nitrogens with zero attached hydrogens (tertiary/aromatic N) is 3. The average Bonchev–Trinajstić information content (AvgIpc) is 2.65. The van der Waals surface area contributed by atoms with Gasteiger partial charge in [-0.2, -0.15) is 0 Å². The molecule has 0 radical (unpaired) electrons. The topological polar surface area (TPSA) is 69.2 Å². The summed E-state index contributed by atoms with van der Waals surface area (Å²) in [4.78, 5) is 19.8. The summed E-state index contributed by atoms with van der Waals surface area (Å²) in [6.45, 7) is 9.10. The van der Waals surface area contributed by atoms with Crippen LogP contribution in [0, 0.1) is 5.82 Å². The number of piperazine rings is 1. The van der Waals surface area contributed by atoms with Crippen LogP contribution in [0.2, 0.25) is 0 Å². The maximum absolute atomic E-state index is 13.2. The monoisotopic (exact) mass is 379 g/mol. The molecule has 8 heteroatoms. The number of benzene rings is 1. The number of hydrogen-bond donors (Lipinski definition) is 2. The lowest BCUT2D eigenvalue weighted by molar-refractivity contribution is -0.130. The van der Waals surface area contributed by atoms with Crippen molar-refractivity contribution in [2.75, 3.05) is 52.9 Å². The number of carbonyl (C=O) groups is 1. The van der Waals surface area contributed by atoms with E-state index in [9.17, 15) is 9.18 Å². The molecule has 0 aromatic heterocycles. The van der Waals surface area contributed by atoms with E-state index in [1.165, 1.54) is 12.1 Å². The highest BCUT2D eigenvalue weighted by atomic mass is 19.1. The van der Waals surface area contributed by atoms with Crippen molar-refractivity contribution in [1.82, 2.24) is 20.4 Å². The number of amides is 1. The number of ether oxygens (including phenoxy) is 1. The second kappa shape index (κ2) is 10.7. The second-order valence-electron chi connectivity index (χ2n) is 6.61.